The maximum atomic E-state index is 11.3. The maximum Gasteiger partial charge on any atom is 1.00 e. The Labute approximate surface area is 187 Å². The van der Waals surface area contributed by atoms with Crippen LogP contribution in [0.4, 0.5) is 0 Å². The molecule has 0 aliphatic heterocycles. The second-order valence-electron chi connectivity index (χ2n) is 7.24. The van der Waals surface area contributed by atoms with Gasteiger partial charge in [-0.15, -0.1) is 0 Å². The molecule has 0 saturated carbocycles. The van der Waals surface area contributed by atoms with Crippen molar-refractivity contribution in [2.75, 3.05) is 0 Å². The van der Waals surface area contributed by atoms with Gasteiger partial charge in [-0.2, -0.15) is 0 Å². The third kappa shape index (κ3) is 11.1. The first kappa shape index (κ1) is 26.4. The van der Waals surface area contributed by atoms with Crippen LogP contribution in [0.2, 0.25) is 0 Å². The zero-order chi connectivity index (χ0) is 19.3. The minimum Gasteiger partial charge on any atom is -0.550 e. The van der Waals surface area contributed by atoms with Crippen LogP contribution in [0.5, 0.6) is 0 Å². The molecular formula is C23H35NaO3. The molecule has 0 radical (unpaired) electrons. The van der Waals surface area contributed by atoms with Crippen LogP contribution in [0.3, 0.4) is 0 Å². The zero-order valence-corrected chi connectivity index (χ0v) is 19.5. The van der Waals surface area contributed by atoms with Crippen molar-refractivity contribution < 1.29 is 44.6 Å². The summed E-state index contributed by atoms with van der Waals surface area (Å²) in [5.41, 5.74) is 1.31. The summed E-state index contributed by atoms with van der Waals surface area (Å²) in [4.78, 5) is 10.4. The molecule has 0 fully saturated rings. The number of aliphatic carboxylic acids is 1. The number of hydrogen-bond donors (Lipinski definition) is 1. The average molecular weight is 383 g/mol. The van der Waals surface area contributed by atoms with E-state index in [0.717, 1.165) is 68.9 Å². The summed E-state index contributed by atoms with van der Waals surface area (Å²) in [5.74, 6) is -0.996. The SMILES string of the molecule is CCCCCC(O)(CCCCC)c1cccc(/C=C\CCCC(=O)[O-])c1.[Na+]. The molecule has 4 heteroatoms. The monoisotopic (exact) mass is 382 g/mol. The smallest absolute Gasteiger partial charge is 0.550 e. The summed E-state index contributed by atoms with van der Waals surface area (Å²) in [6, 6.07) is 8.14. The Hall–Kier alpha value is -0.610. The Morgan fingerprint density at radius 2 is 1.70 bits per heavy atom. The van der Waals surface area contributed by atoms with Crippen LogP contribution in [0.1, 0.15) is 95.6 Å². The van der Waals surface area contributed by atoms with Crippen molar-refractivity contribution in [3.05, 3.63) is 41.5 Å². The van der Waals surface area contributed by atoms with Gasteiger partial charge in [0.1, 0.15) is 0 Å². The number of hydrogen-bond acceptors (Lipinski definition) is 3. The van der Waals surface area contributed by atoms with Gasteiger partial charge in [-0.05, 0) is 49.3 Å². The molecule has 3 nitrogen and oxygen atoms in total. The first-order chi connectivity index (χ1) is 12.5. The van der Waals surface area contributed by atoms with E-state index in [2.05, 4.69) is 19.9 Å². The number of unbranched alkanes of at least 4 members (excludes halogenated alkanes) is 5. The first-order valence-electron chi connectivity index (χ1n) is 10.2. The summed E-state index contributed by atoms with van der Waals surface area (Å²) in [6.07, 6.45) is 13.7. The normalized spacial score (nSPS) is 11.5. The minimum atomic E-state index is -0.996. The molecular weight excluding hydrogens is 347 g/mol. The van der Waals surface area contributed by atoms with Crippen LogP contribution >= 0.6 is 0 Å². The van der Waals surface area contributed by atoms with Crippen molar-refractivity contribution in [2.45, 2.75) is 90.1 Å². The molecule has 146 valence electrons. The maximum absolute atomic E-state index is 11.3. The first-order valence-corrected chi connectivity index (χ1v) is 10.2. The van der Waals surface area contributed by atoms with Crippen molar-refractivity contribution in [2.24, 2.45) is 0 Å². The van der Waals surface area contributed by atoms with Gasteiger partial charge in [-0.25, -0.2) is 0 Å². The Kier molecular flexibility index (Phi) is 15.0. The molecule has 1 aromatic rings. The molecule has 0 saturated heterocycles. The standard InChI is InChI=1S/C23H36O3.Na/c1-3-5-10-17-23(26,18-11-6-4-2)21-15-12-14-20(19-21)13-8-7-9-16-22(24)25;/h8,12-15,19,26H,3-7,9-11,16-18H2,1-2H3,(H,24,25);/q;+1/p-1/b13-8-;. The molecule has 0 atom stereocenters. The summed E-state index contributed by atoms with van der Waals surface area (Å²) >= 11 is 0. The van der Waals surface area contributed by atoms with E-state index in [0.29, 0.717) is 6.42 Å². The van der Waals surface area contributed by atoms with Crippen molar-refractivity contribution >= 4 is 12.0 Å². The molecule has 0 aliphatic carbocycles. The molecule has 0 unspecified atom stereocenters. The van der Waals surface area contributed by atoms with E-state index >= 15 is 0 Å². The van der Waals surface area contributed by atoms with Gasteiger partial charge < -0.3 is 15.0 Å². The molecule has 1 N–H and O–H groups in total. The van der Waals surface area contributed by atoms with Gasteiger partial charge in [0, 0.05) is 5.97 Å². The minimum absolute atomic E-state index is 0. The van der Waals surface area contributed by atoms with Gasteiger partial charge in [0.25, 0.3) is 0 Å². The molecule has 0 aliphatic rings. The van der Waals surface area contributed by atoms with E-state index in [-0.39, 0.29) is 36.0 Å². The number of rotatable bonds is 14. The molecule has 1 aromatic carbocycles. The van der Waals surface area contributed by atoms with Gasteiger partial charge in [-0.3, -0.25) is 0 Å². The van der Waals surface area contributed by atoms with Crippen LogP contribution in [0.25, 0.3) is 6.08 Å². The Bertz CT molecular complexity index is 544. The predicted molar refractivity (Wildman–Crippen MR) is 107 cm³/mol. The number of allylic oxidation sites excluding steroid dienone is 1. The number of carbonyl (C=O) groups is 1. The van der Waals surface area contributed by atoms with E-state index in [1.165, 1.54) is 0 Å². The number of benzene rings is 1. The van der Waals surface area contributed by atoms with E-state index in [1.807, 2.05) is 30.4 Å². The zero-order valence-electron chi connectivity index (χ0n) is 17.5. The Morgan fingerprint density at radius 1 is 1.07 bits per heavy atom. The second-order valence-corrected chi connectivity index (χ2v) is 7.24. The third-order valence-electron chi connectivity index (χ3n) is 4.87. The molecule has 0 amide bonds. The topological polar surface area (TPSA) is 60.4 Å². The number of carboxylic acids is 1. The van der Waals surface area contributed by atoms with E-state index in [1.54, 1.807) is 0 Å². The van der Waals surface area contributed by atoms with E-state index in [9.17, 15) is 15.0 Å². The van der Waals surface area contributed by atoms with Crippen LogP contribution in [0, 0.1) is 0 Å². The molecule has 0 bridgehead atoms. The quantitative estimate of drug-likeness (QED) is 0.395. The van der Waals surface area contributed by atoms with Crippen molar-refractivity contribution in [1.29, 1.82) is 0 Å². The predicted octanol–water partition coefficient (Wildman–Crippen LogP) is 1.97. The largest absolute Gasteiger partial charge is 1.00 e. The van der Waals surface area contributed by atoms with Gasteiger partial charge in [0.15, 0.2) is 0 Å². The summed E-state index contributed by atoms with van der Waals surface area (Å²) in [5, 5.41) is 21.8. The van der Waals surface area contributed by atoms with Crippen LogP contribution in [-0.4, -0.2) is 11.1 Å². The molecule has 0 spiro atoms. The van der Waals surface area contributed by atoms with Gasteiger partial charge in [-0.1, -0.05) is 82.7 Å². The fourth-order valence-corrected chi connectivity index (χ4v) is 3.26. The Balaban J connectivity index is 0.00000676. The summed E-state index contributed by atoms with van der Waals surface area (Å²) in [6.45, 7) is 4.37. The molecule has 0 aromatic heterocycles. The number of aliphatic hydroxyl groups is 1. The molecule has 1 rings (SSSR count). The van der Waals surface area contributed by atoms with Crippen LogP contribution < -0.4 is 34.7 Å². The summed E-state index contributed by atoms with van der Waals surface area (Å²) < 4.78 is 0. The van der Waals surface area contributed by atoms with Gasteiger partial charge in [0.05, 0.1) is 5.60 Å². The fourth-order valence-electron chi connectivity index (χ4n) is 3.26. The van der Waals surface area contributed by atoms with E-state index in [4.69, 9.17) is 0 Å². The fraction of sp³-hybridized carbons (Fsp3) is 0.609. The van der Waals surface area contributed by atoms with Crippen LogP contribution in [-0.2, 0) is 10.4 Å². The van der Waals surface area contributed by atoms with Crippen molar-refractivity contribution in [1.82, 2.24) is 0 Å². The van der Waals surface area contributed by atoms with Gasteiger partial charge in [0.2, 0.25) is 0 Å². The van der Waals surface area contributed by atoms with Crippen molar-refractivity contribution in [3.8, 4) is 0 Å². The molecule has 27 heavy (non-hydrogen) atoms. The second kappa shape index (κ2) is 15.3. The van der Waals surface area contributed by atoms with Gasteiger partial charge >= 0.3 is 29.6 Å². The summed E-state index contributed by atoms with van der Waals surface area (Å²) in [7, 11) is 0. The van der Waals surface area contributed by atoms with Crippen molar-refractivity contribution in [3.63, 3.8) is 0 Å². The number of carboxylic acid groups (broad SMARTS) is 1. The van der Waals surface area contributed by atoms with Crippen LogP contribution in [0.15, 0.2) is 30.3 Å². The molecule has 0 heterocycles. The Morgan fingerprint density at radius 3 is 2.26 bits per heavy atom. The third-order valence-corrected chi connectivity index (χ3v) is 4.87. The number of carbonyl (C=O) groups excluding carboxylic acids is 1. The average Bonchev–Trinajstić information content (AvgIpc) is 2.62. The van der Waals surface area contributed by atoms with E-state index < -0.39 is 11.6 Å².